The van der Waals surface area contributed by atoms with E-state index in [0.29, 0.717) is 33.9 Å². The summed E-state index contributed by atoms with van der Waals surface area (Å²) in [6.07, 6.45) is 0. The minimum Gasteiger partial charge on any atom is -0.497 e. The third kappa shape index (κ3) is 5.49. The first-order valence-electron chi connectivity index (χ1n) is 12.6. The third-order valence-electron chi connectivity index (χ3n) is 6.65. The predicted molar refractivity (Wildman–Crippen MR) is 155 cm³/mol. The van der Waals surface area contributed by atoms with Gasteiger partial charge < -0.3 is 20.1 Å². The van der Waals surface area contributed by atoms with Crippen molar-refractivity contribution in [3.05, 3.63) is 100 Å². The van der Waals surface area contributed by atoms with Crippen LogP contribution in [0, 0.1) is 13.8 Å². The molecule has 0 saturated heterocycles. The molecule has 0 aliphatic carbocycles. The molecule has 2 heterocycles. The lowest BCUT2D eigenvalue weighted by Gasteiger charge is -2.29. The van der Waals surface area contributed by atoms with Gasteiger partial charge in [-0.25, -0.2) is 4.68 Å². The largest absolute Gasteiger partial charge is 0.497 e. The van der Waals surface area contributed by atoms with Crippen LogP contribution in [0.2, 0.25) is 0 Å². The molecule has 0 radical (unpaired) electrons. The number of carbonyl (C=O) groups is 1. The van der Waals surface area contributed by atoms with Crippen molar-refractivity contribution in [2.45, 2.75) is 37.7 Å². The number of hydrogen-bond acceptors (Lipinski definition) is 7. The number of aryl methyl sites for hydroxylation is 2. The van der Waals surface area contributed by atoms with E-state index in [4.69, 9.17) is 19.6 Å². The summed E-state index contributed by atoms with van der Waals surface area (Å²) in [5.41, 5.74) is 6.00. The van der Waals surface area contributed by atoms with Crippen molar-refractivity contribution in [1.29, 1.82) is 0 Å². The molecule has 1 atom stereocenters. The summed E-state index contributed by atoms with van der Waals surface area (Å²) in [5, 5.41) is 11.9. The lowest BCUT2D eigenvalue weighted by molar-refractivity contribution is -0.113. The summed E-state index contributed by atoms with van der Waals surface area (Å²) < 4.78 is 13.0. The SMILES string of the molecule is COc1ccc(OC)c([C@H]2C(C(=O)Nc3ccc(C)cc3C)=C(C)Nc3nc(SCc4ccccc4)nn32)c1. The Morgan fingerprint density at radius 1 is 1.03 bits per heavy atom. The molecule has 200 valence electrons. The monoisotopic (exact) mass is 541 g/mol. The smallest absolute Gasteiger partial charge is 0.255 e. The highest BCUT2D eigenvalue weighted by atomic mass is 32.2. The van der Waals surface area contributed by atoms with E-state index in [1.807, 2.05) is 75.4 Å². The lowest BCUT2D eigenvalue weighted by Crippen LogP contribution is -2.32. The normalized spacial score (nSPS) is 14.4. The van der Waals surface area contributed by atoms with Crippen LogP contribution in [0.1, 0.15) is 35.2 Å². The Labute approximate surface area is 232 Å². The maximum atomic E-state index is 13.9. The molecule has 39 heavy (non-hydrogen) atoms. The number of aromatic nitrogens is 3. The molecule has 0 bridgehead atoms. The lowest BCUT2D eigenvalue weighted by atomic mass is 9.94. The summed E-state index contributed by atoms with van der Waals surface area (Å²) in [5.74, 6) is 2.32. The van der Waals surface area contributed by atoms with Crippen LogP contribution in [0.3, 0.4) is 0 Å². The van der Waals surface area contributed by atoms with Crippen LogP contribution in [-0.4, -0.2) is 34.9 Å². The van der Waals surface area contributed by atoms with E-state index < -0.39 is 6.04 Å². The number of nitrogens with zero attached hydrogens (tertiary/aromatic N) is 3. The van der Waals surface area contributed by atoms with Crippen molar-refractivity contribution >= 4 is 29.3 Å². The van der Waals surface area contributed by atoms with Gasteiger partial charge in [-0.1, -0.05) is 59.8 Å². The minimum atomic E-state index is -0.601. The Bertz CT molecular complexity index is 1550. The first kappa shape index (κ1) is 26.4. The van der Waals surface area contributed by atoms with E-state index in [-0.39, 0.29) is 5.91 Å². The van der Waals surface area contributed by atoms with E-state index in [2.05, 4.69) is 22.8 Å². The van der Waals surface area contributed by atoms with Gasteiger partial charge in [-0.15, -0.1) is 5.10 Å². The highest BCUT2D eigenvalue weighted by Crippen LogP contribution is 2.41. The molecule has 0 fully saturated rings. The Hall–Kier alpha value is -4.24. The first-order valence-corrected chi connectivity index (χ1v) is 13.6. The molecule has 1 aliphatic rings. The Kier molecular flexibility index (Phi) is 7.60. The van der Waals surface area contributed by atoms with Crippen LogP contribution in [-0.2, 0) is 10.5 Å². The highest BCUT2D eigenvalue weighted by Gasteiger charge is 2.36. The number of rotatable bonds is 8. The fraction of sp³-hybridized carbons (Fsp3) is 0.233. The van der Waals surface area contributed by atoms with E-state index in [0.717, 1.165) is 28.1 Å². The summed E-state index contributed by atoms with van der Waals surface area (Å²) in [7, 11) is 3.23. The van der Waals surface area contributed by atoms with Gasteiger partial charge in [0, 0.05) is 22.7 Å². The van der Waals surface area contributed by atoms with E-state index in [1.165, 1.54) is 5.56 Å². The van der Waals surface area contributed by atoms with Gasteiger partial charge >= 0.3 is 0 Å². The molecular weight excluding hydrogens is 510 g/mol. The zero-order valence-corrected chi connectivity index (χ0v) is 23.4. The van der Waals surface area contributed by atoms with Crippen LogP contribution >= 0.6 is 11.8 Å². The second-order valence-electron chi connectivity index (χ2n) is 9.38. The van der Waals surface area contributed by atoms with Gasteiger partial charge in [-0.3, -0.25) is 4.79 Å². The van der Waals surface area contributed by atoms with Gasteiger partial charge in [-0.2, -0.15) is 4.98 Å². The van der Waals surface area contributed by atoms with Gasteiger partial charge in [0.15, 0.2) is 0 Å². The Morgan fingerprint density at radius 2 is 1.82 bits per heavy atom. The molecule has 5 rings (SSSR count). The summed E-state index contributed by atoms with van der Waals surface area (Å²) in [6.45, 7) is 5.89. The number of ether oxygens (including phenoxy) is 2. The van der Waals surface area contributed by atoms with Crippen LogP contribution in [0.5, 0.6) is 11.5 Å². The van der Waals surface area contributed by atoms with Crippen molar-refractivity contribution in [2.24, 2.45) is 0 Å². The number of amides is 1. The predicted octanol–water partition coefficient (Wildman–Crippen LogP) is 6.13. The molecule has 0 saturated carbocycles. The number of allylic oxidation sites excluding steroid dienone is 1. The topological polar surface area (TPSA) is 90.3 Å². The second kappa shape index (κ2) is 11.2. The number of nitrogens with one attached hydrogen (secondary N) is 2. The molecule has 0 unspecified atom stereocenters. The number of thioether (sulfide) groups is 1. The third-order valence-corrected chi connectivity index (χ3v) is 7.56. The maximum Gasteiger partial charge on any atom is 0.255 e. The average Bonchev–Trinajstić information content (AvgIpc) is 3.35. The summed E-state index contributed by atoms with van der Waals surface area (Å²) >= 11 is 1.54. The molecule has 8 nitrogen and oxygen atoms in total. The molecule has 0 spiro atoms. The average molecular weight is 542 g/mol. The fourth-order valence-corrected chi connectivity index (χ4v) is 5.48. The quantitative estimate of drug-likeness (QED) is 0.259. The van der Waals surface area contributed by atoms with Crippen molar-refractivity contribution in [3.63, 3.8) is 0 Å². The number of hydrogen-bond donors (Lipinski definition) is 2. The number of anilines is 2. The standard InChI is InChI=1S/C30H31N5O3S/c1-18-11-13-24(19(2)15-18)32-28(36)26-20(3)31-29-33-30(39-17-21-9-7-6-8-10-21)34-35(29)27(26)23-16-22(37-4)12-14-25(23)38-5/h6-16,27H,17H2,1-5H3,(H,32,36)(H,31,33,34)/t27-/m0/s1. The molecule has 1 aliphatic heterocycles. The van der Waals surface area contributed by atoms with Gasteiger partial charge in [-0.05, 0) is 56.2 Å². The van der Waals surface area contributed by atoms with Crippen molar-refractivity contribution in [3.8, 4) is 11.5 Å². The van der Waals surface area contributed by atoms with Gasteiger partial charge in [0.1, 0.15) is 17.5 Å². The van der Waals surface area contributed by atoms with Gasteiger partial charge in [0.25, 0.3) is 5.91 Å². The summed E-state index contributed by atoms with van der Waals surface area (Å²) in [6, 6.07) is 21.1. The Balaban J connectivity index is 1.57. The van der Waals surface area contributed by atoms with Crippen LogP contribution < -0.4 is 20.1 Å². The molecule has 9 heteroatoms. The minimum absolute atomic E-state index is 0.235. The number of benzene rings is 3. The molecule has 1 aromatic heterocycles. The number of methoxy groups -OCH3 is 2. The highest BCUT2D eigenvalue weighted by molar-refractivity contribution is 7.98. The van der Waals surface area contributed by atoms with Crippen molar-refractivity contribution in [1.82, 2.24) is 14.8 Å². The van der Waals surface area contributed by atoms with E-state index >= 15 is 0 Å². The van der Waals surface area contributed by atoms with Crippen LogP contribution in [0.4, 0.5) is 11.6 Å². The van der Waals surface area contributed by atoms with Crippen molar-refractivity contribution < 1.29 is 14.3 Å². The van der Waals surface area contributed by atoms with Crippen LogP contribution in [0.25, 0.3) is 0 Å². The second-order valence-corrected chi connectivity index (χ2v) is 10.3. The number of fused-ring (bicyclic) bond motifs is 1. The molecule has 2 N–H and O–H groups in total. The van der Waals surface area contributed by atoms with Gasteiger partial charge in [0.05, 0.1) is 19.8 Å². The Morgan fingerprint density at radius 3 is 2.54 bits per heavy atom. The summed E-state index contributed by atoms with van der Waals surface area (Å²) in [4.78, 5) is 18.7. The zero-order chi connectivity index (χ0) is 27.5. The molecular formula is C30H31N5O3S. The van der Waals surface area contributed by atoms with Gasteiger partial charge in [0.2, 0.25) is 11.1 Å². The van der Waals surface area contributed by atoms with E-state index in [9.17, 15) is 4.79 Å². The number of carbonyl (C=O) groups excluding carboxylic acids is 1. The first-order chi connectivity index (χ1) is 18.9. The molecule has 1 amide bonds. The zero-order valence-electron chi connectivity index (χ0n) is 22.6. The molecule has 4 aromatic rings. The fourth-order valence-electron chi connectivity index (χ4n) is 4.69. The van der Waals surface area contributed by atoms with Crippen molar-refractivity contribution in [2.75, 3.05) is 24.9 Å². The maximum absolute atomic E-state index is 13.9. The van der Waals surface area contributed by atoms with Crippen LogP contribution in [0.15, 0.2) is 83.2 Å². The van der Waals surface area contributed by atoms with E-state index in [1.54, 1.807) is 30.7 Å². The molecule has 3 aromatic carbocycles.